The van der Waals surface area contributed by atoms with Gasteiger partial charge in [-0.1, -0.05) is 30.0 Å². The Morgan fingerprint density at radius 2 is 1.96 bits per heavy atom. The molecule has 1 aromatic rings. The van der Waals surface area contributed by atoms with Gasteiger partial charge in [0.1, 0.15) is 22.9 Å². The summed E-state index contributed by atoms with van der Waals surface area (Å²) in [6.45, 7) is 1.07. The minimum Gasteiger partial charge on any atom is -0.484 e. The van der Waals surface area contributed by atoms with Crippen molar-refractivity contribution in [1.82, 2.24) is 10.2 Å². The highest BCUT2D eigenvalue weighted by molar-refractivity contribution is 8.14. The lowest BCUT2D eigenvalue weighted by Gasteiger charge is -2.48. The van der Waals surface area contributed by atoms with Gasteiger partial charge in [0.05, 0.1) is 0 Å². The van der Waals surface area contributed by atoms with Crippen molar-refractivity contribution in [2.24, 2.45) is 0 Å². The van der Waals surface area contributed by atoms with E-state index < -0.39 is 34.3 Å². The van der Waals surface area contributed by atoms with Crippen LogP contribution in [0.3, 0.4) is 0 Å². The maximum Gasteiger partial charge on any atom is 0.353 e. The molecule has 2 aliphatic rings. The molecule has 8 nitrogen and oxygen atoms in total. The van der Waals surface area contributed by atoms with Crippen molar-refractivity contribution < 1.29 is 29.0 Å². The Morgan fingerprint density at radius 3 is 2.60 bits per heavy atom. The molecule has 1 unspecified atom stereocenters. The van der Waals surface area contributed by atoms with Gasteiger partial charge in [-0.2, -0.15) is 0 Å². The van der Waals surface area contributed by atoms with Gasteiger partial charge in [0.25, 0.3) is 11.8 Å². The van der Waals surface area contributed by atoms with E-state index in [1.165, 1.54) is 6.92 Å². The van der Waals surface area contributed by atoms with Crippen molar-refractivity contribution in [2.75, 3.05) is 6.61 Å². The number of hydrogen-bond donors (Lipinski definition) is 2. The van der Waals surface area contributed by atoms with Gasteiger partial charge in [-0.25, -0.2) is 4.79 Å². The summed E-state index contributed by atoms with van der Waals surface area (Å²) < 4.78 is 5.29. The second-order valence-corrected chi connectivity index (χ2v) is 6.52. The SMILES string of the molecule is CC1=C(C(=O)O)N2C(=O)C(NC(=O)COc3ccccc3)[C@@H]2SC1=O. The van der Waals surface area contributed by atoms with E-state index >= 15 is 0 Å². The maximum atomic E-state index is 12.2. The highest BCUT2D eigenvalue weighted by Gasteiger charge is 2.55. The Morgan fingerprint density at radius 1 is 1.28 bits per heavy atom. The van der Waals surface area contributed by atoms with Gasteiger partial charge in [0.2, 0.25) is 5.12 Å². The quantitative estimate of drug-likeness (QED) is 0.727. The molecule has 0 bridgehead atoms. The van der Waals surface area contributed by atoms with Crippen LogP contribution >= 0.6 is 11.8 Å². The van der Waals surface area contributed by atoms with Crippen LogP contribution in [-0.4, -0.2) is 50.9 Å². The van der Waals surface area contributed by atoms with Crippen LogP contribution in [0.4, 0.5) is 0 Å². The summed E-state index contributed by atoms with van der Waals surface area (Å²) >= 11 is 0.823. The number of fused-ring (bicyclic) bond motifs is 1. The Hall–Kier alpha value is -2.81. The Balaban J connectivity index is 1.64. The van der Waals surface area contributed by atoms with Crippen LogP contribution in [0.1, 0.15) is 6.92 Å². The Kier molecular flexibility index (Phi) is 4.49. The van der Waals surface area contributed by atoms with Crippen LogP contribution in [0.2, 0.25) is 0 Å². The third-order valence-electron chi connectivity index (χ3n) is 3.81. The number of carboxylic acid groups (broad SMARTS) is 1. The molecule has 2 aliphatic heterocycles. The van der Waals surface area contributed by atoms with Crippen LogP contribution in [0, 0.1) is 0 Å². The number of aliphatic carboxylic acids is 1. The van der Waals surface area contributed by atoms with Gasteiger partial charge in [-0.3, -0.25) is 19.3 Å². The number of β-lactam (4-membered cyclic amide) rings is 1. The second kappa shape index (κ2) is 6.60. The zero-order chi connectivity index (χ0) is 18.1. The lowest BCUT2D eigenvalue weighted by atomic mass is 10.0. The molecule has 0 radical (unpaired) electrons. The van der Waals surface area contributed by atoms with Crippen LogP contribution in [0.15, 0.2) is 41.6 Å². The van der Waals surface area contributed by atoms with E-state index in [1.54, 1.807) is 30.3 Å². The van der Waals surface area contributed by atoms with Gasteiger partial charge in [-0.05, 0) is 19.1 Å². The fraction of sp³-hybridized carbons (Fsp3) is 0.250. The summed E-state index contributed by atoms with van der Waals surface area (Å²) in [5.41, 5.74) is -0.316. The lowest BCUT2D eigenvalue weighted by Crippen LogP contribution is -2.71. The first kappa shape index (κ1) is 17.0. The average molecular weight is 362 g/mol. The number of carbonyl (C=O) groups is 4. The summed E-state index contributed by atoms with van der Waals surface area (Å²) in [5, 5.41) is 10.5. The first-order valence-electron chi connectivity index (χ1n) is 7.35. The van der Waals surface area contributed by atoms with Gasteiger partial charge >= 0.3 is 5.97 Å². The molecule has 2 N–H and O–H groups in total. The normalized spacial score (nSPS) is 22.2. The summed E-state index contributed by atoms with van der Waals surface area (Å²) in [4.78, 5) is 48.5. The number of nitrogens with one attached hydrogen (secondary N) is 1. The van der Waals surface area contributed by atoms with Crippen molar-refractivity contribution in [3.05, 3.63) is 41.6 Å². The first-order valence-corrected chi connectivity index (χ1v) is 8.23. The summed E-state index contributed by atoms with van der Waals surface area (Å²) in [7, 11) is 0. The Bertz CT molecular complexity index is 791. The van der Waals surface area contributed by atoms with Gasteiger partial charge in [-0.15, -0.1) is 0 Å². The van der Waals surface area contributed by atoms with E-state index in [9.17, 15) is 24.3 Å². The topological polar surface area (TPSA) is 113 Å². The number of para-hydroxylation sites is 1. The van der Waals surface area contributed by atoms with Crippen molar-refractivity contribution in [3.63, 3.8) is 0 Å². The molecule has 2 amide bonds. The predicted octanol–water partition coefficient (Wildman–Crippen LogP) is 0.351. The van der Waals surface area contributed by atoms with E-state index in [-0.39, 0.29) is 17.9 Å². The van der Waals surface area contributed by atoms with E-state index in [0.717, 1.165) is 16.7 Å². The number of rotatable bonds is 5. The summed E-state index contributed by atoms with van der Waals surface area (Å²) in [6.07, 6.45) is 0. The fourth-order valence-electron chi connectivity index (χ4n) is 2.57. The number of nitrogens with zero attached hydrogens (tertiary/aromatic N) is 1. The number of carboxylic acids is 1. The number of hydrogen-bond acceptors (Lipinski definition) is 6. The van der Waals surface area contributed by atoms with Crippen LogP contribution < -0.4 is 10.1 Å². The largest absolute Gasteiger partial charge is 0.484 e. The lowest BCUT2D eigenvalue weighted by molar-refractivity contribution is -0.151. The molecule has 130 valence electrons. The molecule has 2 atom stereocenters. The smallest absolute Gasteiger partial charge is 0.353 e. The van der Waals surface area contributed by atoms with Crippen molar-refractivity contribution >= 4 is 34.7 Å². The molecule has 0 spiro atoms. The third kappa shape index (κ3) is 3.10. The third-order valence-corrected chi connectivity index (χ3v) is 5.05. The van der Waals surface area contributed by atoms with E-state index in [0.29, 0.717) is 5.75 Å². The standard InChI is InChI=1S/C16H14N2O6S/c1-8-12(15(21)22)18-13(20)11(14(18)25-16(8)23)17-10(19)7-24-9-5-3-2-4-6-9/h2-6,11,14H,7H2,1H3,(H,17,19)(H,21,22)/t11?,14-/m0/s1. The van der Waals surface area contributed by atoms with Crippen LogP contribution in [-0.2, 0) is 19.2 Å². The number of thioether (sulfide) groups is 1. The highest BCUT2D eigenvalue weighted by atomic mass is 32.2. The number of benzene rings is 1. The van der Waals surface area contributed by atoms with Crippen molar-refractivity contribution in [1.29, 1.82) is 0 Å². The molecular formula is C16H14N2O6S. The molecule has 1 fully saturated rings. The highest BCUT2D eigenvalue weighted by Crippen LogP contribution is 2.40. The van der Waals surface area contributed by atoms with Crippen LogP contribution in [0.25, 0.3) is 0 Å². The maximum absolute atomic E-state index is 12.2. The monoisotopic (exact) mass is 362 g/mol. The molecule has 0 saturated carbocycles. The average Bonchev–Trinajstić information content (AvgIpc) is 2.60. The first-order chi connectivity index (χ1) is 11.9. The summed E-state index contributed by atoms with van der Waals surface area (Å²) in [5.74, 6) is -1.93. The molecule has 9 heteroatoms. The van der Waals surface area contributed by atoms with Crippen molar-refractivity contribution in [2.45, 2.75) is 18.3 Å². The number of amides is 2. The zero-order valence-electron chi connectivity index (χ0n) is 13.1. The molecule has 1 saturated heterocycles. The predicted molar refractivity (Wildman–Crippen MR) is 87.4 cm³/mol. The molecule has 1 aromatic carbocycles. The van der Waals surface area contributed by atoms with Crippen molar-refractivity contribution in [3.8, 4) is 5.75 Å². The number of ether oxygens (including phenoxy) is 1. The summed E-state index contributed by atoms with van der Waals surface area (Å²) in [6, 6.07) is 7.74. The molecule has 2 heterocycles. The molecular weight excluding hydrogens is 348 g/mol. The van der Waals surface area contributed by atoms with E-state index in [2.05, 4.69) is 5.32 Å². The van der Waals surface area contributed by atoms with Crippen LogP contribution in [0.5, 0.6) is 5.75 Å². The molecule has 0 aliphatic carbocycles. The molecule has 25 heavy (non-hydrogen) atoms. The Labute approximate surface area is 146 Å². The zero-order valence-corrected chi connectivity index (χ0v) is 13.9. The second-order valence-electron chi connectivity index (χ2n) is 5.43. The van der Waals surface area contributed by atoms with Gasteiger partial charge in [0.15, 0.2) is 6.61 Å². The van der Waals surface area contributed by atoms with Gasteiger partial charge in [0, 0.05) is 5.57 Å². The molecule has 0 aromatic heterocycles. The fourth-order valence-corrected chi connectivity index (χ4v) is 3.70. The molecule has 3 rings (SSSR count). The number of carbonyl (C=O) groups excluding carboxylic acids is 3. The van der Waals surface area contributed by atoms with E-state index in [1.807, 2.05) is 0 Å². The van der Waals surface area contributed by atoms with Gasteiger partial charge < -0.3 is 15.2 Å². The minimum atomic E-state index is -1.35. The minimum absolute atomic E-state index is 0.0132. The van der Waals surface area contributed by atoms with E-state index in [4.69, 9.17) is 4.74 Å².